The van der Waals surface area contributed by atoms with E-state index in [9.17, 15) is 4.79 Å². The zero-order chi connectivity index (χ0) is 11.1. The minimum absolute atomic E-state index is 0. The Morgan fingerprint density at radius 1 is 1.43 bits per heavy atom. The van der Waals surface area contributed by atoms with Crippen molar-refractivity contribution in [3.8, 4) is 0 Å². The summed E-state index contributed by atoms with van der Waals surface area (Å²) >= 11 is -3.11. The summed E-state index contributed by atoms with van der Waals surface area (Å²) < 4.78 is 25.3. The van der Waals surface area contributed by atoms with Crippen molar-refractivity contribution >= 4 is 17.3 Å². The normalized spacial score (nSPS) is 9.29. The standard InChI is InChI=1S/C7H13NO.Na.H2O3S/c1-5-6(9)8-7(2,3)4;;1-4(2)3/h5H,1H2,2-4H3,(H,8,9);;(H2,1,2,3)/q;+1;/p-2. The van der Waals surface area contributed by atoms with E-state index in [4.69, 9.17) is 13.3 Å². The summed E-state index contributed by atoms with van der Waals surface area (Å²) in [5.74, 6) is -0.123. The van der Waals surface area contributed by atoms with E-state index in [2.05, 4.69) is 11.9 Å². The quantitative estimate of drug-likeness (QED) is 0.297. The first kappa shape index (κ1) is 19.8. The van der Waals surface area contributed by atoms with Crippen LogP contribution in [0.15, 0.2) is 12.7 Å². The van der Waals surface area contributed by atoms with Crippen LogP contribution in [0.5, 0.6) is 0 Å². The van der Waals surface area contributed by atoms with Gasteiger partial charge in [0.25, 0.3) is 0 Å². The molecule has 7 heteroatoms. The van der Waals surface area contributed by atoms with Crippen molar-refractivity contribution in [3.05, 3.63) is 12.7 Å². The third-order valence-corrected chi connectivity index (χ3v) is 0.684. The summed E-state index contributed by atoms with van der Waals surface area (Å²) in [5.41, 5.74) is -0.148. The maximum absolute atomic E-state index is 10.6. The molecule has 0 rings (SSSR count). The van der Waals surface area contributed by atoms with Crippen LogP contribution < -0.4 is 34.9 Å². The van der Waals surface area contributed by atoms with Crippen molar-refractivity contribution < 1.29 is 47.7 Å². The minimum Gasteiger partial charge on any atom is -0.784 e. The fourth-order valence-corrected chi connectivity index (χ4v) is 0.421. The molecule has 14 heavy (non-hydrogen) atoms. The van der Waals surface area contributed by atoms with Gasteiger partial charge < -0.3 is 14.4 Å². The van der Waals surface area contributed by atoms with Gasteiger partial charge in [-0.1, -0.05) is 6.58 Å². The van der Waals surface area contributed by atoms with E-state index >= 15 is 0 Å². The molecule has 0 spiro atoms. The molecule has 0 aliphatic rings. The van der Waals surface area contributed by atoms with Gasteiger partial charge in [-0.05, 0) is 26.8 Å². The molecular formula is C7H13NNaO4S-. The van der Waals surface area contributed by atoms with E-state index in [1.165, 1.54) is 6.08 Å². The third kappa shape index (κ3) is 29.5. The average molecular weight is 230 g/mol. The van der Waals surface area contributed by atoms with Gasteiger partial charge in [0.15, 0.2) is 0 Å². The molecule has 1 N–H and O–H groups in total. The first-order chi connectivity index (χ1) is 5.69. The molecular weight excluding hydrogens is 217 g/mol. The number of amides is 1. The van der Waals surface area contributed by atoms with E-state index in [1.807, 2.05) is 20.8 Å². The van der Waals surface area contributed by atoms with Crippen LogP contribution in [0.4, 0.5) is 0 Å². The van der Waals surface area contributed by atoms with Gasteiger partial charge in [0, 0.05) is 5.54 Å². The molecule has 0 aliphatic heterocycles. The summed E-state index contributed by atoms with van der Waals surface area (Å²) in [6.07, 6.45) is 1.27. The van der Waals surface area contributed by atoms with Gasteiger partial charge in [-0.25, -0.2) is 0 Å². The van der Waals surface area contributed by atoms with Crippen LogP contribution in [0.2, 0.25) is 0 Å². The first-order valence-corrected chi connectivity index (χ1v) is 4.40. The fraction of sp³-hybridized carbons (Fsp3) is 0.571. The molecule has 0 bridgehead atoms. The molecule has 1 amide bonds. The average Bonchev–Trinajstić information content (AvgIpc) is 1.82. The molecule has 0 radical (unpaired) electrons. The first-order valence-electron chi connectivity index (χ1n) is 3.40. The topological polar surface area (TPSA) is 92.3 Å². The predicted octanol–water partition coefficient (Wildman–Crippen LogP) is -2.91. The van der Waals surface area contributed by atoms with Gasteiger partial charge >= 0.3 is 29.6 Å². The van der Waals surface area contributed by atoms with Crippen molar-refractivity contribution in [2.75, 3.05) is 0 Å². The second-order valence-electron chi connectivity index (χ2n) is 3.15. The molecule has 5 nitrogen and oxygen atoms in total. The van der Waals surface area contributed by atoms with Crippen LogP contribution in [0, 0.1) is 0 Å². The number of hydrogen-bond donors (Lipinski definition) is 1. The van der Waals surface area contributed by atoms with Crippen molar-refractivity contribution in [1.82, 2.24) is 5.32 Å². The summed E-state index contributed by atoms with van der Waals surface area (Å²) in [4.78, 5) is 10.6. The van der Waals surface area contributed by atoms with Crippen LogP contribution in [0.25, 0.3) is 0 Å². The fourth-order valence-electron chi connectivity index (χ4n) is 0.421. The second-order valence-corrected chi connectivity index (χ2v) is 3.56. The van der Waals surface area contributed by atoms with Crippen LogP contribution in [0.1, 0.15) is 20.8 Å². The third-order valence-electron chi connectivity index (χ3n) is 0.684. The second kappa shape index (κ2) is 9.82. The van der Waals surface area contributed by atoms with E-state index in [1.54, 1.807) is 0 Å². The largest absolute Gasteiger partial charge is 1.00 e. The maximum Gasteiger partial charge on any atom is 1.00 e. The Morgan fingerprint density at radius 2 is 1.71 bits per heavy atom. The summed E-state index contributed by atoms with van der Waals surface area (Å²) in [5, 5.41) is 2.71. The van der Waals surface area contributed by atoms with Crippen molar-refractivity contribution in [3.63, 3.8) is 0 Å². The number of hydrogen-bond acceptors (Lipinski definition) is 4. The summed E-state index contributed by atoms with van der Waals surface area (Å²) in [6.45, 7) is 9.11. The molecule has 0 aliphatic carbocycles. The number of nitrogens with one attached hydrogen (secondary N) is 1. The van der Waals surface area contributed by atoms with Gasteiger partial charge in [-0.3, -0.25) is 9.00 Å². The maximum atomic E-state index is 10.6. The Labute approximate surface area is 109 Å². The van der Waals surface area contributed by atoms with Crippen LogP contribution >= 0.6 is 0 Å². The molecule has 0 saturated carbocycles. The van der Waals surface area contributed by atoms with Gasteiger partial charge in [0.2, 0.25) is 5.91 Å². The van der Waals surface area contributed by atoms with E-state index in [0.29, 0.717) is 0 Å². The van der Waals surface area contributed by atoms with Crippen LogP contribution in [-0.2, 0) is 16.2 Å². The SMILES string of the molecule is C=CC(=O)NC(C)(C)C.O=S([O-])[O-].[Na+]. The van der Waals surface area contributed by atoms with Gasteiger partial charge in [0.1, 0.15) is 0 Å². The molecule has 78 valence electrons. The van der Waals surface area contributed by atoms with E-state index in [-0.39, 0.29) is 41.0 Å². The van der Waals surface area contributed by atoms with Crippen molar-refractivity contribution in [2.24, 2.45) is 0 Å². The minimum atomic E-state index is -3.11. The predicted molar refractivity (Wildman–Crippen MR) is 47.8 cm³/mol. The Kier molecular flexibility index (Phi) is 13.9. The molecule has 0 aromatic carbocycles. The number of rotatable bonds is 1. The number of carbonyl (C=O) groups is 1. The smallest absolute Gasteiger partial charge is 0.784 e. The zero-order valence-corrected chi connectivity index (χ0v) is 11.6. The van der Waals surface area contributed by atoms with Crippen molar-refractivity contribution in [2.45, 2.75) is 26.3 Å². The molecule has 0 aromatic rings. The molecule has 0 saturated heterocycles. The van der Waals surface area contributed by atoms with Gasteiger partial charge in [-0.15, -0.1) is 11.4 Å². The molecule has 0 unspecified atom stereocenters. The monoisotopic (exact) mass is 230 g/mol. The molecule has 0 heterocycles. The van der Waals surface area contributed by atoms with Gasteiger partial charge in [-0.2, -0.15) is 0 Å². The Bertz CT molecular complexity index is 198. The summed E-state index contributed by atoms with van der Waals surface area (Å²) in [7, 11) is 0. The molecule has 0 atom stereocenters. The Hall–Kier alpha value is 0.280. The van der Waals surface area contributed by atoms with E-state index < -0.39 is 11.4 Å². The Morgan fingerprint density at radius 3 is 1.79 bits per heavy atom. The van der Waals surface area contributed by atoms with Crippen molar-refractivity contribution in [1.29, 1.82) is 0 Å². The zero-order valence-electron chi connectivity index (χ0n) is 8.83. The Balaban J connectivity index is -0.000000209. The van der Waals surface area contributed by atoms with Crippen LogP contribution in [0.3, 0.4) is 0 Å². The van der Waals surface area contributed by atoms with Gasteiger partial charge in [0.05, 0.1) is 0 Å². The summed E-state index contributed by atoms with van der Waals surface area (Å²) in [6, 6.07) is 0. The number of carbonyl (C=O) groups excluding carboxylic acids is 1. The molecule has 0 aromatic heterocycles. The van der Waals surface area contributed by atoms with Crippen LogP contribution in [-0.4, -0.2) is 24.8 Å². The molecule has 0 fully saturated rings. The van der Waals surface area contributed by atoms with E-state index in [0.717, 1.165) is 0 Å².